The van der Waals surface area contributed by atoms with Crippen molar-refractivity contribution in [1.82, 2.24) is 5.32 Å². The van der Waals surface area contributed by atoms with Crippen molar-refractivity contribution in [3.63, 3.8) is 0 Å². The van der Waals surface area contributed by atoms with E-state index >= 15 is 0 Å². The summed E-state index contributed by atoms with van der Waals surface area (Å²) in [6.45, 7) is 6.73. The van der Waals surface area contributed by atoms with Crippen molar-refractivity contribution >= 4 is 11.6 Å². The Morgan fingerprint density at radius 2 is 2.19 bits per heavy atom. The Balaban J connectivity index is 2.11. The van der Waals surface area contributed by atoms with Crippen LogP contribution in [0.5, 0.6) is 11.5 Å². The highest BCUT2D eigenvalue weighted by atomic mass is 16.5. The van der Waals surface area contributed by atoms with Gasteiger partial charge in [0.1, 0.15) is 17.6 Å². The number of carbonyl (C=O) groups excluding carboxylic acids is 1. The molecule has 116 valence electrons. The molecule has 1 aromatic carbocycles. The lowest BCUT2D eigenvalue weighted by Gasteiger charge is -2.23. The number of morpholine rings is 1. The molecule has 1 heterocycles. The first kappa shape index (κ1) is 15.6. The summed E-state index contributed by atoms with van der Waals surface area (Å²) < 4.78 is 16.4. The molecule has 1 aromatic rings. The van der Waals surface area contributed by atoms with Crippen molar-refractivity contribution in [2.45, 2.75) is 20.0 Å². The Bertz CT molecular complexity index is 473. The lowest BCUT2D eigenvalue weighted by molar-refractivity contribution is -0.128. The number of nitrogens with one attached hydrogen (secondary N) is 2. The Hall–Kier alpha value is -1.79. The minimum atomic E-state index is -0.482. The Morgan fingerprint density at radius 1 is 1.38 bits per heavy atom. The van der Waals surface area contributed by atoms with Gasteiger partial charge in [-0.1, -0.05) is 0 Å². The van der Waals surface area contributed by atoms with Gasteiger partial charge < -0.3 is 24.8 Å². The van der Waals surface area contributed by atoms with Crippen LogP contribution in [-0.2, 0) is 9.53 Å². The van der Waals surface area contributed by atoms with E-state index in [1.54, 1.807) is 12.1 Å². The van der Waals surface area contributed by atoms with E-state index < -0.39 is 6.10 Å². The molecule has 1 unspecified atom stereocenters. The average molecular weight is 294 g/mol. The Labute approximate surface area is 124 Å². The zero-order valence-corrected chi connectivity index (χ0v) is 12.5. The molecule has 6 heteroatoms. The first-order valence-corrected chi connectivity index (χ1v) is 7.27. The fourth-order valence-corrected chi connectivity index (χ4v) is 2.09. The third kappa shape index (κ3) is 4.34. The fourth-order valence-electron chi connectivity index (χ4n) is 2.09. The van der Waals surface area contributed by atoms with Gasteiger partial charge in [0.25, 0.3) is 5.91 Å². The van der Waals surface area contributed by atoms with Crippen LogP contribution in [0.1, 0.15) is 13.8 Å². The zero-order chi connectivity index (χ0) is 15.1. The number of carbonyl (C=O) groups is 1. The predicted molar refractivity (Wildman–Crippen MR) is 80.0 cm³/mol. The van der Waals surface area contributed by atoms with Crippen LogP contribution in [0.3, 0.4) is 0 Å². The molecular weight excluding hydrogens is 272 g/mol. The van der Waals surface area contributed by atoms with Gasteiger partial charge in [-0.2, -0.15) is 0 Å². The fraction of sp³-hybridized carbons (Fsp3) is 0.533. The molecule has 1 aliphatic rings. The molecule has 1 aliphatic heterocycles. The van der Waals surface area contributed by atoms with Crippen molar-refractivity contribution in [2.24, 2.45) is 0 Å². The van der Waals surface area contributed by atoms with Gasteiger partial charge in [0.05, 0.1) is 25.5 Å². The van der Waals surface area contributed by atoms with E-state index in [1.165, 1.54) is 0 Å². The van der Waals surface area contributed by atoms with Gasteiger partial charge in [0, 0.05) is 19.2 Å². The monoisotopic (exact) mass is 294 g/mol. The van der Waals surface area contributed by atoms with Crippen LogP contribution in [0.25, 0.3) is 0 Å². The van der Waals surface area contributed by atoms with Crippen molar-refractivity contribution in [2.75, 3.05) is 38.2 Å². The topological polar surface area (TPSA) is 68.8 Å². The summed E-state index contributed by atoms with van der Waals surface area (Å²) in [5.74, 6) is 1.13. The second-order valence-corrected chi connectivity index (χ2v) is 4.58. The highest BCUT2D eigenvalue weighted by molar-refractivity contribution is 5.96. The van der Waals surface area contributed by atoms with Crippen LogP contribution in [0.2, 0.25) is 0 Å². The summed E-state index contributed by atoms with van der Waals surface area (Å²) in [7, 11) is 0. The zero-order valence-electron chi connectivity index (χ0n) is 12.5. The molecule has 0 saturated carbocycles. The first-order chi connectivity index (χ1) is 10.2. The number of hydrogen-bond donors (Lipinski definition) is 2. The molecule has 0 radical (unpaired) electrons. The highest BCUT2D eigenvalue weighted by Crippen LogP contribution is 2.29. The van der Waals surface area contributed by atoms with Crippen LogP contribution < -0.4 is 20.1 Å². The van der Waals surface area contributed by atoms with E-state index in [0.29, 0.717) is 43.6 Å². The van der Waals surface area contributed by atoms with E-state index in [-0.39, 0.29) is 5.91 Å². The van der Waals surface area contributed by atoms with Gasteiger partial charge in [0.2, 0.25) is 0 Å². The Kier molecular flexibility index (Phi) is 5.83. The second kappa shape index (κ2) is 7.85. The molecule has 0 spiro atoms. The van der Waals surface area contributed by atoms with Crippen molar-refractivity contribution in [1.29, 1.82) is 0 Å². The average Bonchev–Trinajstić information content (AvgIpc) is 2.51. The molecule has 1 atom stereocenters. The summed E-state index contributed by atoms with van der Waals surface area (Å²) in [6, 6.07) is 5.38. The number of anilines is 1. The number of amides is 1. The number of hydrogen-bond acceptors (Lipinski definition) is 5. The van der Waals surface area contributed by atoms with E-state index in [2.05, 4.69) is 10.6 Å². The van der Waals surface area contributed by atoms with E-state index in [0.717, 1.165) is 6.54 Å². The SMILES string of the molecule is CCOc1ccc(OCC)c(NC(=O)C2CNCCO2)c1. The van der Waals surface area contributed by atoms with Crippen LogP contribution in [-0.4, -0.2) is 44.9 Å². The third-order valence-corrected chi connectivity index (χ3v) is 3.04. The van der Waals surface area contributed by atoms with Gasteiger partial charge in [0.15, 0.2) is 0 Å². The van der Waals surface area contributed by atoms with E-state index in [9.17, 15) is 4.79 Å². The summed E-state index contributed by atoms with van der Waals surface area (Å²) >= 11 is 0. The molecule has 1 amide bonds. The number of rotatable bonds is 6. The van der Waals surface area contributed by atoms with Crippen LogP contribution >= 0.6 is 0 Å². The summed E-state index contributed by atoms with van der Waals surface area (Å²) in [6.07, 6.45) is -0.482. The molecule has 0 bridgehead atoms. The smallest absolute Gasteiger partial charge is 0.254 e. The maximum absolute atomic E-state index is 12.2. The molecule has 6 nitrogen and oxygen atoms in total. The molecule has 2 N–H and O–H groups in total. The summed E-state index contributed by atoms with van der Waals surface area (Å²) in [5, 5.41) is 5.99. The second-order valence-electron chi connectivity index (χ2n) is 4.58. The quantitative estimate of drug-likeness (QED) is 0.830. The summed E-state index contributed by atoms with van der Waals surface area (Å²) in [5.41, 5.74) is 0.599. The molecule has 0 aliphatic carbocycles. The van der Waals surface area contributed by atoms with Gasteiger partial charge in [-0.3, -0.25) is 4.79 Å². The lowest BCUT2D eigenvalue weighted by atomic mass is 10.2. The molecule has 2 rings (SSSR count). The van der Waals surface area contributed by atoms with Crippen LogP contribution in [0.4, 0.5) is 5.69 Å². The van der Waals surface area contributed by atoms with Gasteiger partial charge in [-0.15, -0.1) is 0 Å². The van der Waals surface area contributed by atoms with Crippen LogP contribution in [0, 0.1) is 0 Å². The van der Waals surface area contributed by atoms with Gasteiger partial charge in [-0.05, 0) is 26.0 Å². The molecule has 21 heavy (non-hydrogen) atoms. The maximum Gasteiger partial charge on any atom is 0.254 e. The van der Waals surface area contributed by atoms with E-state index in [1.807, 2.05) is 19.9 Å². The number of benzene rings is 1. The van der Waals surface area contributed by atoms with Crippen molar-refractivity contribution < 1.29 is 19.0 Å². The molecule has 1 saturated heterocycles. The minimum absolute atomic E-state index is 0.184. The van der Waals surface area contributed by atoms with Crippen molar-refractivity contribution in [3.05, 3.63) is 18.2 Å². The largest absolute Gasteiger partial charge is 0.494 e. The molecule has 1 fully saturated rings. The lowest BCUT2D eigenvalue weighted by Crippen LogP contribution is -2.45. The van der Waals surface area contributed by atoms with Crippen LogP contribution in [0.15, 0.2) is 18.2 Å². The van der Waals surface area contributed by atoms with Gasteiger partial charge in [-0.25, -0.2) is 0 Å². The standard InChI is InChI=1S/C15H22N2O4/c1-3-19-11-5-6-13(20-4-2)12(9-11)17-15(18)14-10-16-7-8-21-14/h5-6,9,14,16H,3-4,7-8,10H2,1-2H3,(H,17,18). The Morgan fingerprint density at radius 3 is 2.86 bits per heavy atom. The van der Waals surface area contributed by atoms with E-state index in [4.69, 9.17) is 14.2 Å². The third-order valence-electron chi connectivity index (χ3n) is 3.04. The molecular formula is C15H22N2O4. The first-order valence-electron chi connectivity index (χ1n) is 7.27. The normalized spacial score (nSPS) is 18.1. The summed E-state index contributed by atoms with van der Waals surface area (Å²) in [4.78, 5) is 12.2. The minimum Gasteiger partial charge on any atom is -0.494 e. The highest BCUT2D eigenvalue weighted by Gasteiger charge is 2.22. The predicted octanol–water partition coefficient (Wildman–Crippen LogP) is 1.41. The maximum atomic E-state index is 12.2. The molecule has 0 aromatic heterocycles. The van der Waals surface area contributed by atoms with Crippen molar-refractivity contribution in [3.8, 4) is 11.5 Å². The number of ether oxygens (including phenoxy) is 3. The van der Waals surface area contributed by atoms with Gasteiger partial charge >= 0.3 is 0 Å².